The number of likely N-dealkylation sites (N-methyl/N-ethyl adjacent to an activating group) is 1. The zero-order chi connectivity index (χ0) is 14.7. The number of hydrogen-bond acceptors (Lipinski definition) is 3. The maximum absolute atomic E-state index is 13.6. The number of nitrogens with two attached hydrogens (primary N) is 1. The Bertz CT molecular complexity index is 449. The van der Waals surface area contributed by atoms with Crippen molar-refractivity contribution >= 4 is 5.69 Å². The Labute approximate surface area is 121 Å². The van der Waals surface area contributed by atoms with Gasteiger partial charge in [0, 0.05) is 37.4 Å². The molecule has 0 saturated carbocycles. The van der Waals surface area contributed by atoms with Crippen molar-refractivity contribution in [2.24, 2.45) is 5.73 Å². The fourth-order valence-electron chi connectivity index (χ4n) is 2.92. The summed E-state index contributed by atoms with van der Waals surface area (Å²) in [6.45, 7) is 7.36. The zero-order valence-electron chi connectivity index (χ0n) is 12.8. The van der Waals surface area contributed by atoms with E-state index in [-0.39, 0.29) is 11.9 Å². The van der Waals surface area contributed by atoms with Gasteiger partial charge < -0.3 is 15.5 Å². The Kier molecular flexibility index (Phi) is 5.00. The van der Waals surface area contributed by atoms with Crippen molar-refractivity contribution in [1.82, 2.24) is 4.90 Å². The largest absolute Gasteiger partial charge is 0.366 e. The highest BCUT2D eigenvalue weighted by atomic mass is 19.1. The molecule has 2 unspecified atom stereocenters. The SMILES string of the molecule is CCC(N)Cc1cc(F)ccc1N1CCN(C)CC1C. The third-order valence-corrected chi connectivity index (χ3v) is 4.19. The number of halogens is 1. The molecule has 112 valence electrons. The average Bonchev–Trinajstić information content (AvgIpc) is 2.40. The minimum atomic E-state index is -0.172. The minimum absolute atomic E-state index is 0.0957. The van der Waals surface area contributed by atoms with Crippen LogP contribution in [0.15, 0.2) is 18.2 Å². The van der Waals surface area contributed by atoms with Crippen LogP contribution in [0.25, 0.3) is 0 Å². The van der Waals surface area contributed by atoms with E-state index in [1.54, 1.807) is 12.1 Å². The first kappa shape index (κ1) is 15.3. The molecular weight excluding hydrogens is 253 g/mol. The van der Waals surface area contributed by atoms with Crippen molar-refractivity contribution < 1.29 is 4.39 Å². The number of benzene rings is 1. The van der Waals surface area contributed by atoms with Crippen LogP contribution in [0.3, 0.4) is 0 Å². The minimum Gasteiger partial charge on any atom is -0.366 e. The molecular formula is C16H26FN3. The Morgan fingerprint density at radius 1 is 1.40 bits per heavy atom. The Morgan fingerprint density at radius 3 is 2.80 bits per heavy atom. The Morgan fingerprint density at radius 2 is 2.15 bits per heavy atom. The van der Waals surface area contributed by atoms with Gasteiger partial charge in [-0.05, 0) is 50.6 Å². The molecule has 0 bridgehead atoms. The maximum Gasteiger partial charge on any atom is 0.123 e. The van der Waals surface area contributed by atoms with Crippen LogP contribution in [0.4, 0.5) is 10.1 Å². The van der Waals surface area contributed by atoms with Gasteiger partial charge in [-0.15, -0.1) is 0 Å². The zero-order valence-corrected chi connectivity index (χ0v) is 12.8. The van der Waals surface area contributed by atoms with Crippen LogP contribution in [0.1, 0.15) is 25.8 Å². The van der Waals surface area contributed by atoms with E-state index in [2.05, 4.69) is 30.7 Å². The first-order valence-electron chi connectivity index (χ1n) is 7.50. The third-order valence-electron chi connectivity index (χ3n) is 4.19. The summed E-state index contributed by atoms with van der Waals surface area (Å²) in [5.41, 5.74) is 8.25. The predicted molar refractivity (Wildman–Crippen MR) is 82.7 cm³/mol. The molecule has 1 saturated heterocycles. The smallest absolute Gasteiger partial charge is 0.123 e. The van der Waals surface area contributed by atoms with Gasteiger partial charge in [-0.2, -0.15) is 0 Å². The van der Waals surface area contributed by atoms with Gasteiger partial charge in [-0.3, -0.25) is 0 Å². The van der Waals surface area contributed by atoms with Gasteiger partial charge in [0.1, 0.15) is 5.82 Å². The molecule has 4 heteroatoms. The standard InChI is InChI=1S/C16H26FN3/c1-4-15(18)10-13-9-14(17)5-6-16(13)20-8-7-19(3)11-12(20)2/h5-6,9,12,15H,4,7-8,10-11,18H2,1-3H3. The van der Waals surface area contributed by atoms with Crippen molar-refractivity contribution in [3.8, 4) is 0 Å². The molecule has 1 heterocycles. The highest BCUT2D eigenvalue weighted by Crippen LogP contribution is 2.26. The maximum atomic E-state index is 13.6. The van der Waals surface area contributed by atoms with Crippen LogP contribution in [0.2, 0.25) is 0 Å². The summed E-state index contributed by atoms with van der Waals surface area (Å²) in [5, 5.41) is 0. The summed E-state index contributed by atoms with van der Waals surface area (Å²) < 4.78 is 13.6. The highest BCUT2D eigenvalue weighted by molar-refractivity contribution is 5.55. The van der Waals surface area contributed by atoms with Gasteiger partial charge in [-0.25, -0.2) is 4.39 Å². The normalized spacial score (nSPS) is 22.1. The van der Waals surface area contributed by atoms with Crippen molar-refractivity contribution in [2.45, 2.75) is 38.8 Å². The fraction of sp³-hybridized carbons (Fsp3) is 0.625. The summed E-state index contributed by atoms with van der Waals surface area (Å²) in [5.74, 6) is -0.172. The molecule has 20 heavy (non-hydrogen) atoms. The Hall–Kier alpha value is -1.13. The second-order valence-electron chi connectivity index (χ2n) is 5.95. The topological polar surface area (TPSA) is 32.5 Å². The molecule has 0 spiro atoms. The predicted octanol–water partition coefficient (Wildman–Crippen LogP) is 2.25. The van der Waals surface area contributed by atoms with Crippen LogP contribution in [-0.4, -0.2) is 43.7 Å². The van der Waals surface area contributed by atoms with E-state index in [0.29, 0.717) is 6.04 Å². The molecule has 1 fully saturated rings. The van der Waals surface area contributed by atoms with E-state index in [0.717, 1.165) is 43.7 Å². The monoisotopic (exact) mass is 279 g/mol. The molecule has 2 atom stereocenters. The van der Waals surface area contributed by atoms with E-state index in [1.807, 2.05) is 6.07 Å². The summed E-state index contributed by atoms with van der Waals surface area (Å²) in [6.07, 6.45) is 1.65. The fourth-order valence-corrected chi connectivity index (χ4v) is 2.92. The lowest BCUT2D eigenvalue weighted by molar-refractivity contribution is 0.275. The molecule has 2 N–H and O–H groups in total. The van der Waals surface area contributed by atoms with Crippen molar-refractivity contribution in [2.75, 3.05) is 31.6 Å². The first-order chi connectivity index (χ1) is 9.51. The van der Waals surface area contributed by atoms with Crippen LogP contribution >= 0.6 is 0 Å². The third kappa shape index (κ3) is 3.49. The van der Waals surface area contributed by atoms with Crippen molar-refractivity contribution in [1.29, 1.82) is 0 Å². The number of piperazine rings is 1. The van der Waals surface area contributed by atoms with Gasteiger partial charge >= 0.3 is 0 Å². The number of rotatable bonds is 4. The average molecular weight is 279 g/mol. The van der Waals surface area contributed by atoms with E-state index in [9.17, 15) is 4.39 Å². The number of anilines is 1. The molecule has 2 rings (SSSR count). The lowest BCUT2D eigenvalue weighted by Crippen LogP contribution is -2.50. The van der Waals surface area contributed by atoms with E-state index in [1.165, 1.54) is 0 Å². The second-order valence-corrected chi connectivity index (χ2v) is 5.95. The van der Waals surface area contributed by atoms with Crippen LogP contribution in [0, 0.1) is 5.82 Å². The van der Waals surface area contributed by atoms with Crippen LogP contribution in [0.5, 0.6) is 0 Å². The molecule has 0 radical (unpaired) electrons. The van der Waals surface area contributed by atoms with Gasteiger partial charge in [0.2, 0.25) is 0 Å². The molecule has 0 aromatic heterocycles. The second kappa shape index (κ2) is 6.55. The van der Waals surface area contributed by atoms with E-state index >= 15 is 0 Å². The lowest BCUT2D eigenvalue weighted by atomic mass is 10.0. The van der Waals surface area contributed by atoms with Crippen LogP contribution in [-0.2, 0) is 6.42 Å². The molecule has 0 aliphatic carbocycles. The lowest BCUT2D eigenvalue weighted by Gasteiger charge is -2.41. The van der Waals surface area contributed by atoms with Gasteiger partial charge in [0.05, 0.1) is 0 Å². The molecule has 1 aliphatic heterocycles. The molecule has 1 aromatic rings. The van der Waals surface area contributed by atoms with Crippen LogP contribution < -0.4 is 10.6 Å². The van der Waals surface area contributed by atoms with Gasteiger partial charge in [0.25, 0.3) is 0 Å². The first-order valence-corrected chi connectivity index (χ1v) is 7.50. The summed E-state index contributed by atoms with van der Waals surface area (Å²) in [7, 11) is 2.15. The molecule has 1 aromatic carbocycles. The molecule has 0 amide bonds. The molecule has 1 aliphatic rings. The van der Waals surface area contributed by atoms with E-state index in [4.69, 9.17) is 5.73 Å². The number of hydrogen-bond donors (Lipinski definition) is 1. The van der Waals surface area contributed by atoms with Crippen molar-refractivity contribution in [3.63, 3.8) is 0 Å². The van der Waals surface area contributed by atoms with Crippen molar-refractivity contribution in [3.05, 3.63) is 29.6 Å². The van der Waals surface area contributed by atoms with Gasteiger partial charge in [0.15, 0.2) is 0 Å². The van der Waals surface area contributed by atoms with E-state index < -0.39 is 0 Å². The summed E-state index contributed by atoms with van der Waals surface area (Å²) >= 11 is 0. The van der Waals surface area contributed by atoms with Gasteiger partial charge in [-0.1, -0.05) is 6.92 Å². The Balaban J connectivity index is 2.26. The summed E-state index contributed by atoms with van der Waals surface area (Å²) in [6, 6.07) is 5.65. The molecule has 3 nitrogen and oxygen atoms in total. The highest BCUT2D eigenvalue weighted by Gasteiger charge is 2.24. The number of nitrogens with zero attached hydrogens (tertiary/aromatic N) is 2. The quantitative estimate of drug-likeness (QED) is 0.917. The summed E-state index contributed by atoms with van der Waals surface area (Å²) in [4.78, 5) is 4.72.